The maximum Gasteiger partial charge on any atom is 0.0547 e. The molecule has 0 bridgehead atoms. The highest BCUT2D eigenvalue weighted by Gasteiger charge is 2.35. The minimum absolute atomic E-state index is 0.0897. The Bertz CT molecular complexity index is 3850. The van der Waals surface area contributed by atoms with Crippen molar-refractivity contribution in [2.24, 2.45) is 0 Å². The average molecular weight is 923 g/mol. The predicted molar refractivity (Wildman–Crippen MR) is 307 cm³/mol. The highest BCUT2D eigenvalue weighted by atomic mass is 15.1. The fourth-order valence-corrected chi connectivity index (χ4v) is 11.0. The first kappa shape index (κ1) is 44.2. The van der Waals surface area contributed by atoms with Crippen molar-refractivity contribution in [2.75, 3.05) is 4.90 Å². The molecular formula is C70H54N2. The summed E-state index contributed by atoms with van der Waals surface area (Å²) in [5.74, 6) is 0. The molecule has 1 aromatic heterocycles. The van der Waals surface area contributed by atoms with Crippen LogP contribution >= 0.6 is 0 Å². The molecule has 0 saturated carbocycles. The summed E-state index contributed by atoms with van der Waals surface area (Å²) in [5.41, 5.74) is 23.0. The molecule has 10 aromatic carbocycles. The maximum atomic E-state index is 3.75. The minimum atomic E-state index is -0.0897. The highest BCUT2D eigenvalue weighted by molar-refractivity contribution is 6.16. The Hall–Kier alpha value is -8.98. The fourth-order valence-electron chi connectivity index (χ4n) is 11.0. The molecule has 0 amide bonds. The summed E-state index contributed by atoms with van der Waals surface area (Å²) in [5, 5.41) is 2.51. The zero-order valence-electron chi connectivity index (χ0n) is 40.7. The van der Waals surface area contributed by atoms with Gasteiger partial charge < -0.3 is 9.47 Å². The third-order valence-electron chi connectivity index (χ3n) is 14.6. The van der Waals surface area contributed by atoms with Crippen LogP contribution in [0.3, 0.4) is 0 Å². The van der Waals surface area contributed by atoms with Gasteiger partial charge in [-0.2, -0.15) is 0 Å². The number of allylic oxidation sites excluding steroid dienone is 5. The average Bonchev–Trinajstić information content (AvgIpc) is 3.90. The molecule has 0 radical (unpaired) electrons. The molecule has 12 rings (SSSR count). The van der Waals surface area contributed by atoms with Gasteiger partial charge in [0.2, 0.25) is 0 Å². The van der Waals surface area contributed by atoms with Crippen molar-refractivity contribution in [1.29, 1.82) is 0 Å². The van der Waals surface area contributed by atoms with Gasteiger partial charge in [0, 0.05) is 38.9 Å². The van der Waals surface area contributed by atoms with Gasteiger partial charge in [-0.25, -0.2) is 0 Å². The number of para-hydroxylation sites is 1. The topological polar surface area (TPSA) is 8.17 Å². The van der Waals surface area contributed by atoms with E-state index in [-0.39, 0.29) is 5.41 Å². The molecular weight excluding hydrogens is 869 g/mol. The molecule has 72 heavy (non-hydrogen) atoms. The molecule has 11 aromatic rings. The van der Waals surface area contributed by atoms with E-state index >= 15 is 0 Å². The minimum Gasteiger partial charge on any atom is -0.310 e. The second kappa shape index (κ2) is 18.7. The van der Waals surface area contributed by atoms with Crippen LogP contribution in [0.15, 0.2) is 274 Å². The summed E-state index contributed by atoms with van der Waals surface area (Å²) in [6.07, 6.45) is 10.9. The van der Waals surface area contributed by atoms with Crippen LogP contribution in [0.25, 0.3) is 83.1 Å². The van der Waals surface area contributed by atoms with Crippen LogP contribution in [0.2, 0.25) is 0 Å². The Kier molecular flexibility index (Phi) is 11.5. The second-order valence-corrected chi connectivity index (χ2v) is 19.3. The van der Waals surface area contributed by atoms with Crippen LogP contribution in [-0.4, -0.2) is 4.57 Å². The number of aromatic nitrogens is 1. The van der Waals surface area contributed by atoms with Gasteiger partial charge in [0.05, 0.1) is 11.0 Å². The molecule has 1 aliphatic rings. The van der Waals surface area contributed by atoms with Crippen molar-refractivity contribution in [2.45, 2.75) is 25.7 Å². The molecule has 1 aliphatic carbocycles. The summed E-state index contributed by atoms with van der Waals surface area (Å²) in [6.45, 7) is 8.47. The van der Waals surface area contributed by atoms with E-state index in [1.807, 2.05) is 12.2 Å². The molecule has 0 atom stereocenters. The van der Waals surface area contributed by atoms with Gasteiger partial charge in [-0.15, -0.1) is 0 Å². The fraction of sp³-hybridized carbons (Fsp3) is 0.0571. The van der Waals surface area contributed by atoms with Crippen LogP contribution in [-0.2, 0) is 11.8 Å². The summed E-state index contributed by atoms with van der Waals surface area (Å²) < 4.78 is 2.47. The van der Waals surface area contributed by atoms with E-state index in [0.29, 0.717) is 0 Å². The lowest BCUT2D eigenvalue weighted by molar-refractivity contribution is 0.660. The molecule has 2 heteroatoms. The maximum absolute atomic E-state index is 3.75. The van der Waals surface area contributed by atoms with Crippen molar-refractivity contribution in [3.63, 3.8) is 0 Å². The number of fused-ring (bicyclic) bond motifs is 6. The normalized spacial score (nSPS) is 12.7. The smallest absolute Gasteiger partial charge is 0.0547 e. The first-order valence-electron chi connectivity index (χ1n) is 25.0. The van der Waals surface area contributed by atoms with Gasteiger partial charge in [0.25, 0.3) is 0 Å². The second-order valence-electron chi connectivity index (χ2n) is 19.3. The van der Waals surface area contributed by atoms with E-state index in [9.17, 15) is 0 Å². The van der Waals surface area contributed by atoms with Crippen LogP contribution in [0, 0.1) is 0 Å². The molecule has 0 aliphatic heterocycles. The third kappa shape index (κ3) is 8.07. The molecule has 0 fully saturated rings. The molecule has 0 spiro atoms. The molecule has 0 unspecified atom stereocenters. The van der Waals surface area contributed by atoms with Crippen molar-refractivity contribution < 1.29 is 0 Å². The molecule has 344 valence electrons. The van der Waals surface area contributed by atoms with Gasteiger partial charge in [0.15, 0.2) is 0 Å². The summed E-state index contributed by atoms with van der Waals surface area (Å²) in [6, 6.07) is 87.1. The largest absolute Gasteiger partial charge is 0.310 e. The van der Waals surface area contributed by atoms with Crippen molar-refractivity contribution in [3.05, 3.63) is 290 Å². The van der Waals surface area contributed by atoms with E-state index in [0.717, 1.165) is 34.6 Å². The standard InChI is InChI=1S/C70H54N2/c1-4-5-6-7-9-19-49-32-34-51(35-33-49)53-38-42-58(43-39-53)71(57-40-36-52(37-41-57)50-20-10-8-11-21-50)59-25-17-23-55(47-59)54-22-16-24-56(46-54)61-28-18-31-68-69(61)64-27-13-15-30-67(64)72(68)60-44-45-63-62-26-12-14-29-65(62)70(2,3)66(63)48-60/h4-18,20-48H,1,19H2,2-3H3/b6-5-,9-7-. The van der Waals surface area contributed by atoms with E-state index in [4.69, 9.17) is 0 Å². The zero-order chi connectivity index (χ0) is 48.6. The van der Waals surface area contributed by atoms with E-state index in [1.54, 1.807) is 6.08 Å². The molecule has 2 nitrogen and oxygen atoms in total. The summed E-state index contributed by atoms with van der Waals surface area (Å²) in [7, 11) is 0. The first-order chi connectivity index (χ1) is 35.4. The molecule has 0 N–H and O–H groups in total. The van der Waals surface area contributed by atoms with E-state index in [2.05, 4.69) is 279 Å². The summed E-state index contributed by atoms with van der Waals surface area (Å²) >= 11 is 0. The van der Waals surface area contributed by atoms with Crippen LogP contribution in [0.4, 0.5) is 17.1 Å². The monoisotopic (exact) mass is 922 g/mol. The van der Waals surface area contributed by atoms with Crippen LogP contribution in [0.5, 0.6) is 0 Å². The lowest BCUT2D eigenvalue weighted by Crippen LogP contribution is -2.15. The third-order valence-corrected chi connectivity index (χ3v) is 14.6. The lowest BCUT2D eigenvalue weighted by Gasteiger charge is -2.26. The van der Waals surface area contributed by atoms with Crippen molar-refractivity contribution >= 4 is 38.9 Å². The van der Waals surface area contributed by atoms with Gasteiger partial charge in [-0.1, -0.05) is 221 Å². The number of benzene rings is 10. The lowest BCUT2D eigenvalue weighted by atomic mass is 9.82. The quantitative estimate of drug-likeness (QED) is 0.111. The van der Waals surface area contributed by atoms with Crippen LogP contribution in [0.1, 0.15) is 30.5 Å². The Labute approximate surface area is 423 Å². The number of anilines is 3. The van der Waals surface area contributed by atoms with Gasteiger partial charge >= 0.3 is 0 Å². The van der Waals surface area contributed by atoms with Crippen molar-refractivity contribution in [1.82, 2.24) is 4.57 Å². The number of rotatable bonds is 12. The summed E-state index contributed by atoms with van der Waals surface area (Å²) in [4.78, 5) is 2.37. The molecule has 1 heterocycles. The predicted octanol–water partition coefficient (Wildman–Crippen LogP) is 19.1. The Balaban J connectivity index is 0.904. The SMILES string of the molecule is C=C/C=C\C=C/Cc1ccc(-c2ccc(N(c3ccc(-c4ccccc4)cc3)c3cccc(-c4cccc(-c5cccc6c5c5ccccc5n6-c5ccc6c(c5)C(C)(C)c5ccccc5-6)c4)c3)cc2)cc1. The number of hydrogen-bond donors (Lipinski definition) is 0. The molecule has 0 saturated heterocycles. The zero-order valence-corrected chi connectivity index (χ0v) is 40.7. The van der Waals surface area contributed by atoms with Crippen molar-refractivity contribution in [3.8, 4) is 61.3 Å². The Morgan fingerprint density at radius 1 is 0.417 bits per heavy atom. The van der Waals surface area contributed by atoms with E-state index in [1.165, 1.54) is 88.7 Å². The van der Waals surface area contributed by atoms with Gasteiger partial charge in [-0.05, 0) is 145 Å². The Morgan fingerprint density at radius 3 is 1.74 bits per heavy atom. The highest BCUT2D eigenvalue weighted by Crippen LogP contribution is 2.50. The van der Waals surface area contributed by atoms with Gasteiger partial charge in [0.1, 0.15) is 0 Å². The number of hydrogen-bond acceptors (Lipinski definition) is 1. The first-order valence-corrected chi connectivity index (χ1v) is 25.0. The number of nitrogens with zero attached hydrogens (tertiary/aromatic N) is 2. The Morgan fingerprint density at radius 2 is 0.986 bits per heavy atom. The van der Waals surface area contributed by atoms with Gasteiger partial charge in [-0.3, -0.25) is 0 Å². The van der Waals surface area contributed by atoms with Crippen LogP contribution < -0.4 is 4.90 Å². The van der Waals surface area contributed by atoms with E-state index < -0.39 is 0 Å².